The van der Waals surface area contributed by atoms with Crippen LogP contribution in [0, 0.1) is 5.92 Å². The molecule has 0 spiro atoms. The molecule has 0 aliphatic heterocycles. The lowest BCUT2D eigenvalue weighted by Gasteiger charge is -2.25. The van der Waals surface area contributed by atoms with Gasteiger partial charge in [-0.15, -0.1) is 0 Å². The number of nitrogens with zero attached hydrogens (tertiary/aromatic N) is 3. The van der Waals surface area contributed by atoms with Crippen LogP contribution in [-0.2, 0) is 6.54 Å². The van der Waals surface area contributed by atoms with Gasteiger partial charge in [-0.2, -0.15) is 5.10 Å². The predicted molar refractivity (Wildman–Crippen MR) is 59.5 cm³/mol. The number of nitrogens with one attached hydrogen (secondary N) is 1. The minimum atomic E-state index is 0.396. The van der Waals surface area contributed by atoms with Gasteiger partial charge >= 0.3 is 0 Å². The van der Waals surface area contributed by atoms with Gasteiger partial charge in [-0.3, -0.25) is 0 Å². The van der Waals surface area contributed by atoms with Gasteiger partial charge in [0.05, 0.1) is 6.54 Å². The van der Waals surface area contributed by atoms with Crippen LogP contribution in [0.2, 0.25) is 0 Å². The van der Waals surface area contributed by atoms with Gasteiger partial charge in [0.25, 0.3) is 0 Å². The second-order valence-corrected chi connectivity index (χ2v) is 4.64. The highest BCUT2D eigenvalue weighted by molar-refractivity contribution is 4.86. The van der Waals surface area contributed by atoms with E-state index in [1.165, 1.54) is 19.3 Å². The van der Waals surface area contributed by atoms with Crippen molar-refractivity contribution < 1.29 is 0 Å². The molecule has 0 amide bonds. The fourth-order valence-electron chi connectivity index (χ4n) is 1.92. The molecule has 1 saturated carbocycles. The Morgan fingerprint density at radius 1 is 1.53 bits per heavy atom. The molecule has 0 radical (unpaired) electrons. The molecule has 0 aromatic carbocycles. The first kappa shape index (κ1) is 10.6. The van der Waals surface area contributed by atoms with Crippen LogP contribution in [0.5, 0.6) is 0 Å². The van der Waals surface area contributed by atoms with Crippen LogP contribution < -0.4 is 5.32 Å². The zero-order chi connectivity index (χ0) is 10.7. The topological polar surface area (TPSA) is 42.7 Å². The zero-order valence-corrected chi connectivity index (χ0v) is 9.61. The highest BCUT2D eigenvalue weighted by Crippen LogP contribution is 2.25. The van der Waals surface area contributed by atoms with Crippen molar-refractivity contribution in [2.75, 3.05) is 6.54 Å². The molecular weight excluding hydrogens is 188 g/mol. The SMILES string of the molecule is CC(C)n1ncnc1CNCC1CCC1. The lowest BCUT2D eigenvalue weighted by atomic mass is 9.85. The van der Waals surface area contributed by atoms with E-state index in [1.807, 2.05) is 4.68 Å². The first-order valence-electron chi connectivity index (χ1n) is 5.86. The zero-order valence-electron chi connectivity index (χ0n) is 9.61. The van der Waals surface area contributed by atoms with Crippen LogP contribution in [0.25, 0.3) is 0 Å². The van der Waals surface area contributed by atoms with E-state index >= 15 is 0 Å². The largest absolute Gasteiger partial charge is 0.310 e. The molecule has 0 unspecified atom stereocenters. The second kappa shape index (κ2) is 4.75. The van der Waals surface area contributed by atoms with Crippen molar-refractivity contribution in [3.8, 4) is 0 Å². The number of hydrogen-bond acceptors (Lipinski definition) is 3. The average Bonchev–Trinajstić information content (AvgIpc) is 2.57. The summed E-state index contributed by atoms with van der Waals surface area (Å²) in [6, 6.07) is 0.396. The maximum Gasteiger partial charge on any atom is 0.141 e. The lowest BCUT2D eigenvalue weighted by Crippen LogP contribution is -2.28. The van der Waals surface area contributed by atoms with E-state index in [-0.39, 0.29) is 0 Å². The monoisotopic (exact) mass is 208 g/mol. The molecule has 15 heavy (non-hydrogen) atoms. The molecule has 4 heteroatoms. The molecule has 1 N–H and O–H groups in total. The molecule has 0 bridgehead atoms. The van der Waals surface area contributed by atoms with Crippen molar-refractivity contribution in [2.24, 2.45) is 5.92 Å². The minimum Gasteiger partial charge on any atom is -0.310 e. The summed E-state index contributed by atoms with van der Waals surface area (Å²) >= 11 is 0. The van der Waals surface area contributed by atoms with Crippen LogP contribution in [0.4, 0.5) is 0 Å². The molecule has 2 rings (SSSR count). The maximum absolute atomic E-state index is 4.27. The molecule has 0 atom stereocenters. The quantitative estimate of drug-likeness (QED) is 0.801. The van der Waals surface area contributed by atoms with Crippen LogP contribution in [0.15, 0.2) is 6.33 Å². The third kappa shape index (κ3) is 2.56. The van der Waals surface area contributed by atoms with E-state index in [2.05, 4.69) is 29.2 Å². The van der Waals surface area contributed by atoms with Crippen molar-refractivity contribution in [3.63, 3.8) is 0 Å². The van der Waals surface area contributed by atoms with E-state index in [0.717, 1.165) is 24.8 Å². The molecule has 4 nitrogen and oxygen atoms in total. The van der Waals surface area contributed by atoms with Gasteiger partial charge in [0.1, 0.15) is 12.2 Å². The fourth-order valence-corrected chi connectivity index (χ4v) is 1.92. The van der Waals surface area contributed by atoms with Gasteiger partial charge in [0.15, 0.2) is 0 Å². The first-order chi connectivity index (χ1) is 7.27. The summed E-state index contributed by atoms with van der Waals surface area (Å²) < 4.78 is 1.98. The van der Waals surface area contributed by atoms with Crippen molar-refractivity contribution in [1.29, 1.82) is 0 Å². The molecular formula is C11H20N4. The van der Waals surface area contributed by atoms with Gasteiger partial charge in [-0.05, 0) is 39.2 Å². The average molecular weight is 208 g/mol. The van der Waals surface area contributed by atoms with E-state index in [0.29, 0.717) is 6.04 Å². The summed E-state index contributed by atoms with van der Waals surface area (Å²) in [5.74, 6) is 1.95. The molecule has 1 fully saturated rings. The van der Waals surface area contributed by atoms with E-state index in [4.69, 9.17) is 0 Å². The van der Waals surface area contributed by atoms with Crippen LogP contribution in [0.1, 0.15) is 45.0 Å². The predicted octanol–water partition coefficient (Wildman–Crippen LogP) is 1.75. The van der Waals surface area contributed by atoms with Gasteiger partial charge in [-0.25, -0.2) is 9.67 Å². The van der Waals surface area contributed by atoms with Crippen molar-refractivity contribution in [1.82, 2.24) is 20.1 Å². The van der Waals surface area contributed by atoms with E-state index in [1.54, 1.807) is 6.33 Å². The second-order valence-electron chi connectivity index (χ2n) is 4.64. The van der Waals surface area contributed by atoms with Gasteiger partial charge in [-0.1, -0.05) is 6.42 Å². The minimum absolute atomic E-state index is 0.396. The number of aromatic nitrogens is 3. The molecule has 1 aromatic heterocycles. The smallest absolute Gasteiger partial charge is 0.141 e. The highest BCUT2D eigenvalue weighted by Gasteiger charge is 2.16. The molecule has 0 saturated heterocycles. The third-order valence-corrected chi connectivity index (χ3v) is 3.08. The molecule has 1 aliphatic rings. The number of hydrogen-bond donors (Lipinski definition) is 1. The lowest BCUT2D eigenvalue weighted by molar-refractivity contribution is 0.299. The van der Waals surface area contributed by atoms with Crippen LogP contribution in [-0.4, -0.2) is 21.3 Å². The Balaban J connectivity index is 1.79. The Morgan fingerprint density at radius 2 is 2.33 bits per heavy atom. The molecule has 1 heterocycles. The summed E-state index contributed by atoms with van der Waals surface area (Å²) in [6.07, 6.45) is 5.84. The first-order valence-corrected chi connectivity index (χ1v) is 5.86. The molecule has 1 aromatic rings. The van der Waals surface area contributed by atoms with E-state index < -0.39 is 0 Å². The van der Waals surface area contributed by atoms with Gasteiger partial charge < -0.3 is 5.32 Å². The Bertz CT molecular complexity index is 301. The summed E-state index contributed by atoms with van der Waals surface area (Å²) in [6.45, 7) is 6.23. The maximum atomic E-state index is 4.27. The standard InChI is InChI=1S/C11H20N4/c1-9(2)15-11(13-8-14-15)7-12-6-10-4-3-5-10/h8-10,12H,3-7H2,1-2H3. The third-order valence-electron chi connectivity index (χ3n) is 3.08. The van der Waals surface area contributed by atoms with Crippen molar-refractivity contribution in [2.45, 2.75) is 45.7 Å². The molecule has 84 valence electrons. The summed E-state index contributed by atoms with van der Waals surface area (Å²) in [4.78, 5) is 4.27. The van der Waals surface area contributed by atoms with Crippen LogP contribution in [0.3, 0.4) is 0 Å². The van der Waals surface area contributed by atoms with Gasteiger partial charge in [0.2, 0.25) is 0 Å². The molecule has 1 aliphatic carbocycles. The Morgan fingerprint density at radius 3 is 2.93 bits per heavy atom. The fraction of sp³-hybridized carbons (Fsp3) is 0.818. The normalized spacial score (nSPS) is 17.0. The highest BCUT2D eigenvalue weighted by atomic mass is 15.3. The van der Waals surface area contributed by atoms with Crippen LogP contribution >= 0.6 is 0 Å². The Hall–Kier alpha value is -0.900. The summed E-state index contributed by atoms with van der Waals surface area (Å²) in [7, 11) is 0. The number of rotatable bonds is 5. The summed E-state index contributed by atoms with van der Waals surface area (Å²) in [5, 5.41) is 7.67. The van der Waals surface area contributed by atoms with Crippen molar-refractivity contribution >= 4 is 0 Å². The Labute approximate surface area is 91.1 Å². The summed E-state index contributed by atoms with van der Waals surface area (Å²) in [5.41, 5.74) is 0. The van der Waals surface area contributed by atoms with Crippen molar-refractivity contribution in [3.05, 3.63) is 12.2 Å². The Kier molecular flexibility index (Phi) is 3.36. The van der Waals surface area contributed by atoms with E-state index in [9.17, 15) is 0 Å². The van der Waals surface area contributed by atoms with Gasteiger partial charge in [0, 0.05) is 6.04 Å².